The number of nitrogens with zero attached hydrogens (tertiary/aromatic N) is 3. The standard InChI is InChI=1S/C11H11N3O3S/c15-11(16)8-5-17-3-2-14(8)10-9-7(1-4-18-9)12-6-13-10/h1,4,6,8H,2-3,5H2,(H,15,16). The average molecular weight is 265 g/mol. The maximum atomic E-state index is 11.3. The molecule has 18 heavy (non-hydrogen) atoms. The van der Waals surface area contributed by atoms with Crippen LogP contribution in [0.25, 0.3) is 10.2 Å². The second-order valence-corrected chi connectivity index (χ2v) is 4.87. The molecule has 0 amide bonds. The molecule has 1 saturated heterocycles. The summed E-state index contributed by atoms with van der Waals surface area (Å²) in [5, 5.41) is 11.2. The Morgan fingerprint density at radius 1 is 1.56 bits per heavy atom. The van der Waals surface area contributed by atoms with E-state index in [1.54, 1.807) is 4.90 Å². The topological polar surface area (TPSA) is 75.6 Å². The zero-order valence-electron chi connectivity index (χ0n) is 9.44. The van der Waals surface area contributed by atoms with Gasteiger partial charge >= 0.3 is 5.97 Å². The van der Waals surface area contributed by atoms with E-state index < -0.39 is 12.0 Å². The highest BCUT2D eigenvalue weighted by atomic mass is 32.1. The zero-order chi connectivity index (χ0) is 12.5. The molecule has 1 aliphatic rings. The van der Waals surface area contributed by atoms with Crippen LogP contribution in [0.5, 0.6) is 0 Å². The Labute approximate surface area is 107 Å². The highest BCUT2D eigenvalue weighted by Gasteiger charge is 2.31. The van der Waals surface area contributed by atoms with E-state index in [-0.39, 0.29) is 6.61 Å². The molecule has 3 rings (SSSR count). The van der Waals surface area contributed by atoms with Crippen molar-refractivity contribution >= 4 is 33.3 Å². The third-order valence-corrected chi connectivity index (χ3v) is 3.81. The lowest BCUT2D eigenvalue weighted by Gasteiger charge is -2.33. The number of aromatic nitrogens is 2. The molecule has 1 unspecified atom stereocenters. The summed E-state index contributed by atoms with van der Waals surface area (Å²) in [5.74, 6) is -0.205. The Morgan fingerprint density at radius 2 is 2.44 bits per heavy atom. The molecule has 0 radical (unpaired) electrons. The van der Waals surface area contributed by atoms with E-state index >= 15 is 0 Å². The summed E-state index contributed by atoms with van der Waals surface area (Å²) in [7, 11) is 0. The molecule has 0 spiro atoms. The number of carboxylic acids is 1. The van der Waals surface area contributed by atoms with Gasteiger partial charge in [-0.3, -0.25) is 0 Å². The quantitative estimate of drug-likeness (QED) is 0.872. The van der Waals surface area contributed by atoms with Gasteiger partial charge in [-0.15, -0.1) is 11.3 Å². The van der Waals surface area contributed by atoms with Crippen LogP contribution >= 0.6 is 11.3 Å². The molecule has 94 valence electrons. The van der Waals surface area contributed by atoms with Crippen molar-refractivity contribution in [3.8, 4) is 0 Å². The van der Waals surface area contributed by atoms with Crippen LogP contribution in [0.2, 0.25) is 0 Å². The van der Waals surface area contributed by atoms with Crippen molar-refractivity contribution in [1.29, 1.82) is 0 Å². The number of rotatable bonds is 2. The molecule has 0 aliphatic carbocycles. The second-order valence-electron chi connectivity index (χ2n) is 3.95. The Bertz CT molecular complexity index is 586. The van der Waals surface area contributed by atoms with Crippen LogP contribution in [0.4, 0.5) is 5.82 Å². The van der Waals surface area contributed by atoms with Gasteiger partial charge in [0.15, 0.2) is 11.9 Å². The van der Waals surface area contributed by atoms with Gasteiger partial charge in [-0.05, 0) is 11.4 Å². The van der Waals surface area contributed by atoms with Gasteiger partial charge in [-0.25, -0.2) is 14.8 Å². The highest BCUT2D eigenvalue weighted by molar-refractivity contribution is 7.17. The van der Waals surface area contributed by atoms with Crippen molar-refractivity contribution in [2.24, 2.45) is 0 Å². The van der Waals surface area contributed by atoms with Crippen LogP contribution in [-0.2, 0) is 9.53 Å². The maximum Gasteiger partial charge on any atom is 0.328 e. The number of thiophene rings is 1. The van der Waals surface area contributed by atoms with Crippen LogP contribution in [0.1, 0.15) is 0 Å². The highest BCUT2D eigenvalue weighted by Crippen LogP contribution is 2.29. The number of carbonyl (C=O) groups is 1. The molecule has 1 aliphatic heterocycles. The van der Waals surface area contributed by atoms with E-state index in [4.69, 9.17) is 4.74 Å². The molecular formula is C11H11N3O3S. The van der Waals surface area contributed by atoms with Crippen LogP contribution in [0.15, 0.2) is 17.8 Å². The summed E-state index contributed by atoms with van der Waals surface area (Å²) in [4.78, 5) is 21.4. The van der Waals surface area contributed by atoms with E-state index in [1.807, 2.05) is 11.4 Å². The molecule has 6 nitrogen and oxygen atoms in total. The number of hydrogen-bond acceptors (Lipinski definition) is 6. The number of hydrogen-bond donors (Lipinski definition) is 1. The second kappa shape index (κ2) is 4.51. The fourth-order valence-corrected chi connectivity index (χ4v) is 2.89. The molecule has 0 saturated carbocycles. The Morgan fingerprint density at radius 3 is 3.28 bits per heavy atom. The summed E-state index contributed by atoms with van der Waals surface area (Å²) in [6.07, 6.45) is 1.47. The Kier molecular flexibility index (Phi) is 2.85. The molecule has 7 heteroatoms. The minimum Gasteiger partial charge on any atom is -0.480 e. The van der Waals surface area contributed by atoms with Crippen LogP contribution < -0.4 is 4.90 Å². The molecule has 2 aromatic heterocycles. The van der Waals surface area contributed by atoms with E-state index in [9.17, 15) is 9.90 Å². The summed E-state index contributed by atoms with van der Waals surface area (Å²) in [6.45, 7) is 1.23. The monoisotopic (exact) mass is 265 g/mol. The zero-order valence-corrected chi connectivity index (χ0v) is 10.3. The normalized spacial score (nSPS) is 20.2. The molecule has 2 aromatic rings. The summed E-state index contributed by atoms with van der Waals surface area (Å²) < 4.78 is 6.15. The third kappa shape index (κ3) is 1.81. The van der Waals surface area contributed by atoms with Gasteiger partial charge in [0.1, 0.15) is 6.33 Å². The average Bonchev–Trinajstić information content (AvgIpc) is 2.86. The van der Waals surface area contributed by atoms with Gasteiger partial charge in [-0.1, -0.05) is 0 Å². The van der Waals surface area contributed by atoms with Gasteiger partial charge in [-0.2, -0.15) is 0 Å². The SMILES string of the molecule is O=C(O)C1COCCN1c1ncnc2ccsc12. The number of morpholine rings is 1. The summed E-state index contributed by atoms with van der Waals surface area (Å²) in [5.41, 5.74) is 0.848. The predicted octanol–water partition coefficient (Wildman–Crippen LogP) is 0.981. The number of anilines is 1. The van der Waals surface area contributed by atoms with Gasteiger partial charge in [0.05, 0.1) is 23.4 Å². The molecule has 1 N–H and O–H groups in total. The molecular weight excluding hydrogens is 254 g/mol. The van der Waals surface area contributed by atoms with Crippen molar-refractivity contribution in [1.82, 2.24) is 9.97 Å². The van der Waals surface area contributed by atoms with Gasteiger partial charge in [0.2, 0.25) is 0 Å². The van der Waals surface area contributed by atoms with Crippen LogP contribution in [0, 0.1) is 0 Å². The lowest BCUT2D eigenvalue weighted by molar-refractivity contribution is -0.141. The molecule has 1 fully saturated rings. The molecule has 1 atom stereocenters. The number of ether oxygens (including phenoxy) is 1. The third-order valence-electron chi connectivity index (χ3n) is 2.91. The molecule has 0 aromatic carbocycles. The largest absolute Gasteiger partial charge is 0.480 e. The minimum atomic E-state index is -0.891. The first-order valence-electron chi connectivity index (χ1n) is 5.53. The number of aliphatic carboxylic acids is 1. The van der Waals surface area contributed by atoms with Crippen LogP contribution in [0.3, 0.4) is 0 Å². The van der Waals surface area contributed by atoms with Crippen molar-refractivity contribution in [2.75, 3.05) is 24.7 Å². The van der Waals surface area contributed by atoms with E-state index in [1.165, 1.54) is 17.7 Å². The van der Waals surface area contributed by atoms with Gasteiger partial charge in [0.25, 0.3) is 0 Å². The number of fused-ring (bicyclic) bond motifs is 1. The first kappa shape index (κ1) is 11.4. The van der Waals surface area contributed by atoms with Gasteiger partial charge < -0.3 is 14.7 Å². The van der Waals surface area contributed by atoms with Crippen LogP contribution in [-0.4, -0.2) is 46.8 Å². The van der Waals surface area contributed by atoms with E-state index in [0.717, 1.165) is 10.2 Å². The van der Waals surface area contributed by atoms with E-state index in [2.05, 4.69) is 9.97 Å². The Balaban J connectivity index is 2.06. The van der Waals surface area contributed by atoms with Crippen molar-refractivity contribution in [2.45, 2.75) is 6.04 Å². The smallest absolute Gasteiger partial charge is 0.328 e. The first-order chi connectivity index (χ1) is 8.77. The van der Waals surface area contributed by atoms with Crippen molar-refractivity contribution in [3.05, 3.63) is 17.8 Å². The maximum absolute atomic E-state index is 11.3. The summed E-state index contributed by atoms with van der Waals surface area (Å²) >= 11 is 1.52. The van der Waals surface area contributed by atoms with Crippen molar-refractivity contribution < 1.29 is 14.6 Å². The molecule has 0 bridgehead atoms. The van der Waals surface area contributed by atoms with Gasteiger partial charge in [0, 0.05) is 6.54 Å². The molecule has 3 heterocycles. The fourth-order valence-electron chi connectivity index (χ4n) is 2.04. The predicted molar refractivity (Wildman–Crippen MR) is 67.0 cm³/mol. The number of carboxylic acid groups (broad SMARTS) is 1. The minimum absolute atomic E-state index is 0.187. The lowest BCUT2D eigenvalue weighted by atomic mass is 10.2. The first-order valence-corrected chi connectivity index (χ1v) is 6.41. The fraction of sp³-hybridized carbons (Fsp3) is 0.364. The lowest BCUT2D eigenvalue weighted by Crippen LogP contribution is -2.50. The Hall–Kier alpha value is -1.73. The van der Waals surface area contributed by atoms with Crippen molar-refractivity contribution in [3.63, 3.8) is 0 Å². The summed E-state index contributed by atoms with van der Waals surface area (Å²) in [6, 6.07) is 1.22. The van der Waals surface area contributed by atoms with E-state index in [0.29, 0.717) is 19.0 Å².